The molecule has 2 aromatic heterocycles. The Morgan fingerprint density at radius 3 is 2.55 bits per heavy atom. The quantitative estimate of drug-likeness (QED) is 0.759. The normalized spacial score (nSPS) is 10.7. The molecule has 3 nitrogen and oxygen atoms in total. The molecule has 0 amide bonds. The van der Waals surface area contributed by atoms with Gasteiger partial charge in [0, 0.05) is 16.6 Å². The summed E-state index contributed by atoms with van der Waals surface area (Å²) < 4.78 is 5.41. The van der Waals surface area contributed by atoms with Crippen molar-refractivity contribution in [1.29, 1.82) is 0 Å². The van der Waals surface area contributed by atoms with Crippen molar-refractivity contribution in [2.75, 3.05) is 5.32 Å². The average molecular weight is 284 g/mol. The first-order valence-corrected chi connectivity index (χ1v) is 7.40. The summed E-state index contributed by atoms with van der Waals surface area (Å²) >= 11 is 1.67. The number of benzene rings is 1. The summed E-state index contributed by atoms with van der Waals surface area (Å²) in [5.41, 5.74) is 4.44. The zero-order chi connectivity index (χ0) is 13.9. The van der Waals surface area contributed by atoms with Crippen molar-refractivity contribution in [3.8, 4) is 11.3 Å². The number of nitrogens with zero attached hydrogens (tertiary/aromatic N) is 1. The van der Waals surface area contributed by atoms with E-state index < -0.39 is 0 Å². The van der Waals surface area contributed by atoms with Crippen molar-refractivity contribution in [2.24, 2.45) is 0 Å². The van der Waals surface area contributed by atoms with Crippen molar-refractivity contribution in [3.63, 3.8) is 0 Å². The highest BCUT2D eigenvalue weighted by atomic mass is 32.1. The van der Waals surface area contributed by atoms with Crippen molar-refractivity contribution in [1.82, 2.24) is 4.98 Å². The topological polar surface area (TPSA) is 38.1 Å². The van der Waals surface area contributed by atoms with E-state index in [1.165, 1.54) is 5.56 Å². The van der Waals surface area contributed by atoms with Crippen molar-refractivity contribution >= 4 is 17.0 Å². The Hall–Kier alpha value is -2.07. The maximum absolute atomic E-state index is 5.41. The Morgan fingerprint density at radius 2 is 1.95 bits per heavy atom. The van der Waals surface area contributed by atoms with Gasteiger partial charge in [0.1, 0.15) is 5.76 Å². The summed E-state index contributed by atoms with van der Waals surface area (Å²) in [4.78, 5) is 4.49. The van der Waals surface area contributed by atoms with Crippen LogP contribution in [0, 0.1) is 13.8 Å². The van der Waals surface area contributed by atoms with Crippen LogP contribution in [0.4, 0.5) is 5.69 Å². The molecule has 0 unspecified atom stereocenters. The van der Waals surface area contributed by atoms with Crippen LogP contribution in [0.1, 0.15) is 16.3 Å². The molecule has 4 heteroatoms. The minimum atomic E-state index is 0.702. The molecular formula is C16H16N2OS. The fourth-order valence-electron chi connectivity index (χ4n) is 2.02. The van der Waals surface area contributed by atoms with E-state index in [-0.39, 0.29) is 0 Å². The smallest absolute Gasteiger partial charge is 0.125 e. The average Bonchev–Trinajstić information content (AvgIpc) is 3.06. The molecule has 1 N–H and O–H groups in total. The van der Waals surface area contributed by atoms with Gasteiger partial charge in [0.25, 0.3) is 0 Å². The van der Waals surface area contributed by atoms with Gasteiger partial charge in [-0.1, -0.05) is 12.1 Å². The second kappa shape index (κ2) is 5.51. The van der Waals surface area contributed by atoms with Gasteiger partial charge in [-0.25, -0.2) is 4.98 Å². The summed E-state index contributed by atoms with van der Waals surface area (Å²) in [6.07, 6.45) is 1.72. The number of hydrogen-bond donors (Lipinski definition) is 1. The summed E-state index contributed by atoms with van der Waals surface area (Å²) in [6, 6.07) is 10.3. The standard InChI is InChI=1S/C16H16N2OS/c1-11-7-8-19-16(11)9-17-14-5-3-13(4-6-14)15-10-20-12(2)18-15/h3-8,10,17H,9H2,1-2H3. The van der Waals surface area contributed by atoms with Gasteiger partial charge in [-0.2, -0.15) is 0 Å². The van der Waals surface area contributed by atoms with E-state index in [9.17, 15) is 0 Å². The lowest BCUT2D eigenvalue weighted by Crippen LogP contribution is -1.99. The van der Waals surface area contributed by atoms with Gasteiger partial charge >= 0.3 is 0 Å². The largest absolute Gasteiger partial charge is 0.467 e. The fourth-order valence-corrected chi connectivity index (χ4v) is 2.64. The highest BCUT2D eigenvalue weighted by Gasteiger charge is 2.03. The molecule has 2 heterocycles. The van der Waals surface area contributed by atoms with Crippen LogP contribution in [-0.2, 0) is 6.54 Å². The molecule has 3 aromatic rings. The minimum Gasteiger partial charge on any atom is -0.467 e. The van der Waals surface area contributed by atoms with Gasteiger partial charge in [0.15, 0.2) is 0 Å². The van der Waals surface area contributed by atoms with Gasteiger partial charge in [0.05, 0.1) is 23.5 Å². The minimum absolute atomic E-state index is 0.702. The molecule has 1 aromatic carbocycles. The first-order chi connectivity index (χ1) is 9.72. The van der Waals surface area contributed by atoms with Crippen LogP contribution >= 0.6 is 11.3 Å². The molecule has 0 fully saturated rings. The number of hydrogen-bond acceptors (Lipinski definition) is 4. The molecule has 102 valence electrons. The van der Waals surface area contributed by atoms with Gasteiger partial charge in [-0.05, 0) is 37.6 Å². The molecule has 0 spiro atoms. The van der Waals surface area contributed by atoms with Crippen LogP contribution in [0.3, 0.4) is 0 Å². The number of anilines is 1. The van der Waals surface area contributed by atoms with E-state index in [4.69, 9.17) is 4.42 Å². The van der Waals surface area contributed by atoms with Gasteiger partial charge < -0.3 is 9.73 Å². The lowest BCUT2D eigenvalue weighted by atomic mass is 10.1. The van der Waals surface area contributed by atoms with Crippen LogP contribution < -0.4 is 5.32 Å². The van der Waals surface area contributed by atoms with Crippen LogP contribution in [0.25, 0.3) is 11.3 Å². The molecule has 0 radical (unpaired) electrons. The Labute approximate surface area is 122 Å². The van der Waals surface area contributed by atoms with E-state index in [1.54, 1.807) is 17.6 Å². The van der Waals surface area contributed by atoms with Crippen molar-refractivity contribution in [3.05, 3.63) is 58.3 Å². The van der Waals surface area contributed by atoms with E-state index in [0.29, 0.717) is 6.54 Å². The number of aromatic nitrogens is 1. The highest BCUT2D eigenvalue weighted by Crippen LogP contribution is 2.23. The third kappa shape index (κ3) is 2.75. The summed E-state index contributed by atoms with van der Waals surface area (Å²) in [5, 5.41) is 6.54. The molecule has 0 aliphatic heterocycles. The van der Waals surface area contributed by atoms with Gasteiger partial charge in [-0.15, -0.1) is 11.3 Å². The van der Waals surface area contributed by atoms with Crippen LogP contribution in [-0.4, -0.2) is 4.98 Å². The van der Waals surface area contributed by atoms with Crippen LogP contribution in [0.5, 0.6) is 0 Å². The Kier molecular flexibility index (Phi) is 3.56. The first kappa shape index (κ1) is 12.9. The number of nitrogens with one attached hydrogen (secondary N) is 1. The molecule has 0 bridgehead atoms. The third-order valence-corrected chi connectivity index (χ3v) is 3.99. The zero-order valence-corrected chi connectivity index (χ0v) is 12.3. The van der Waals surface area contributed by atoms with Crippen LogP contribution in [0.2, 0.25) is 0 Å². The Morgan fingerprint density at radius 1 is 1.15 bits per heavy atom. The SMILES string of the molecule is Cc1nc(-c2ccc(NCc3occc3C)cc2)cs1. The van der Waals surface area contributed by atoms with E-state index >= 15 is 0 Å². The number of thiazole rings is 1. The van der Waals surface area contributed by atoms with E-state index in [0.717, 1.165) is 27.7 Å². The highest BCUT2D eigenvalue weighted by molar-refractivity contribution is 7.09. The lowest BCUT2D eigenvalue weighted by Gasteiger charge is -2.06. The maximum atomic E-state index is 5.41. The molecule has 0 atom stereocenters. The summed E-state index contributed by atoms with van der Waals surface area (Å²) in [5.74, 6) is 0.976. The number of rotatable bonds is 4. The summed E-state index contributed by atoms with van der Waals surface area (Å²) in [6.45, 7) is 4.78. The third-order valence-electron chi connectivity index (χ3n) is 3.22. The number of furan rings is 1. The number of aryl methyl sites for hydroxylation is 2. The van der Waals surface area contributed by atoms with Crippen molar-refractivity contribution in [2.45, 2.75) is 20.4 Å². The molecular weight excluding hydrogens is 268 g/mol. The predicted molar refractivity (Wildman–Crippen MR) is 83.1 cm³/mol. The van der Waals surface area contributed by atoms with E-state index in [1.807, 2.05) is 19.9 Å². The molecule has 0 saturated heterocycles. The summed E-state index contributed by atoms with van der Waals surface area (Å²) in [7, 11) is 0. The molecule has 0 saturated carbocycles. The maximum Gasteiger partial charge on any atom is 0.125 e. The Bertz CT molecular complexity index is 697. The molecule has 20 heavy (non-hydrogen) atoms. The van der Waals surface area contributed by atoms with Gasteiger partial charge in [-0.3, -0.25) is 0 Å². The van der Waals surface area contributed by atoms with Gasteiger partial charge in [0.2, 0.25) is 0 Å². The molecule has 0 aliphatic rings. The van der Waals surface area contributed by atoms with E-state index in [2.05, 4.69) is 39.9 Å². The van der Waals surface area contributed by atoms with Crippen molar-refractivity contribution < 1.29 is 4.42 Å². The predicted octanol–water partition coefficient (Wildman–Crippen LogP) is 4.63. The second-order valence-corrected chi connectivity index (χ2v) is 5.77. The second-order valence-electron chi connectivity index (χ2n) is 4.71. The lowest BCUT2D eigenvalue weighted by molar-refractivity contribution is 0.515. The first-order valence-electron chi connectivity index (χ1n) is 6.52. The zero-order valence-electron chi connectivity index (χ0n) is 11.5. The van der Waals surface area contributed by atoms with Crippen LogP contribution in [0.15, 0.2) is 46.4 Å². The fraction of sp³-hybridized carbons (Fsp3) is 0.188. The molecule has 3 rings (SSSR count). The monoisotopic (exact) mass is 284 g/mol. The molecule has 0 aliphatic carbocycles. The Balaban J connectivity index is 1.69.